The lowest BCUT2D eigenvalue weighted by Gasteiger charge is -2.54. The van der Waals surface area contributed by atoms with E-state index in [9.17, 15) is 18.4 Å². The molecule has 7 heteroatoms. The first-order valence-corrected chi connectivity index (χ1v) is 11.3. The third kappa shape index (κ3) is 3.61. The molecule has 4 fully saturated rings. The summed E-state index contributed by atoms with van der Waals surface area (Å²) in [5.74, 6) is -0.238. The van der Waals surface area contributed by atoms with Crippen molar-refractivity contribution in [3.05, 3.63) is 35.4 Å². The zero-order valence-corrected chi connectivity index (χ0v) is 17.2. The number of hydrogen-bond acceptors (Lipinski definition) is 3. The molecule has 0 aromatic heterocycles. The van der Waals surface area contributed by atoms with Crippen molar-refractivity contribution >= 4 is 11.8 Å². The third-order valence-electron chi connectivity index (χ3n) is 7.63. The van der Waals surface area contributed by atoms with Gasteiger partial charge in [-0.05, 0) is 62.1 Å². The lowest BCUT2D eigenvalue weighted by atomic mass is 9.75. The second-order valence-electron chi connectivity index (χ2n) is 9.47. The normalized spacial score (nSPS) is 30.3. The number of nitrogens with zero attached hydrogens (tertiary/aromatic N) is 3. The molecule has 3 atom stereocenters. The van der Waals surface area contributed by atoms with Crippen molar-refractivity contribution in [3.8, 4) is 0 Å². The van der Waals surface area contributed by atoms with Gasteiger partial charge < -0.3 is 9.80 Å². The van der Waals surface area contributed by atoms with Crippen LogP contribution in [0.25, 0.3) is 0 Å². The van der Waals surface area contributed by atoms with E-state index >= 15 is 0 Å². The van der Waals surface area contributed by atoms with Gasteiger partial charge in [-0.3, -0.25) is 14.5 Å². The van der Waals surface area contributed by atoms with E-state index in [0.29, 0.717) is 49.3 Å². The molecular formula is C23H29F2N3O2. The van der Waals surface area contributed by atoms with Crippen molar-refractivity contribution in [3.63, 3.8) is 0 Å². The Morgan fingerprint density at radius 3 is 2.63 bits per heavy atom. The van der Waals surface area contributed by atoms with Crippen molar-refractivity contribution in [1.29, 1.82) is 0 Å². The number of likely N-dealkylation sites (tertiary alicyclic amines) is 2. The molecule has 4 aliphatic rings. The zero-order chi connectivity index (χ0) is 20.8. The molecular weight excluding hydrogens is 388 g/mol. The summed E-state index contributed by atoms with van der Waals surface area (Å²) in [7, 11) is 0. The second-order valence-corrected chi connectivity index (χ2v) is 9.47. The van der Waals surface area contributed by atoms with Crippen LogP contribution in [0.15, 0.2) is 18.2 Å². The van der Waals surface area contributed by atoms with Gasteiger partial charge in [-0.1, -0.05) is 0 Å². The molecule has 2 amide bonds. The van der Waals surface area contributed by atoms with Crippen molar-refractivity contribution in [2.24, 2.45) is 11.8 Å². The van der Waals surface area contributed by atoms with Crippen molar-refractivity contribution in [2.75, 3.05) is 32.7 Å². The maximum atomic E-state index is 14.0. The Balaban J connectivity index is 1.21. The summed E-state index contributed by atoms with van der Waals surface area (Å²) in [6.07, 6.45) is 5.78. The monoisotopic (exact) mass is 417 g/mol. The second kappa shape index (κ2) is 7.91. The molecule has 1 aromatic rings. The van der Waals surface area contributed by atoms with Gasteiger partial charge in [0.05, 0.1) is 5.56 Å². The van der Waals surface area contributed by atoms with E-state index in [2.05, 4.69) is 9.80 Å². The van der Waals surface area contributed by atoms with E-state index in [-0.39, 0.29) is 5.56 Å². The van der Waals surface area contributed by atoms with E-state index in [1.54, 1.807) is 4.90 Å². The van der Waals surface area contributed by atoms with Gasteiger partial charge in [0.15, 0.2) is 0 Å². The molecule has 30 heavy (non-hydrogen) atoms. The first kappa shape index (κ1) is 19.9. The molecule has 1 aromatic carbocycles. The highest BCUT2D eigenvalue weighted by Gasteiger charge is 2.45. The summed E-state index contributed by atoms with van der Waals surface area (Å²) in [6, 6.07) is 3.87. The summed E-state index contributed by atoms with van der Waals surface area (Å²) in [4.78, 5) is 31.4. The number of amides is 2. The molecule has 0 radical (unpaired) electrons. The van der Waals surface area contributed by atoms with Gasteiger partial charge in [0, 0.05) is 51.2 Å². The number of fused-ring (bicyclic) bond motifs is 4. The molecule has 5 nitrogen and oxygen atoms in total. The van der Waals surface area contributed by atoms with Crippen LogP contribution < -0.4 is 0 Å². The van der Waals surface area contributed by atoms with Gasteiger partial charge in [0.2, 0.25) is 5.91 Å². The molecule has 162 valence electrons. The molecule has 2 bridgehead atoms. The minimum Gasteiger partial charge on any atom is -0.339 e. The average molecular weight is 418 g/mol. The molecule has 0 saturated carbocycles. The summed E-state index contributed by atoms with van der Waals surface area (Å²) < 4.78 is 27.5. The highest BCUT2D eigenvalue weighted by atomic mass is 19.1. The molecule has 0 N–H and O–H groups in total. The van der Waals surface area contributed by atoms with Crippen molar-refractivity contribution in [2.45, 2.75) is 50.6 Å². The predicted molar refractivity (Wildman–Crippen MR) is 108 cm³/mol. The first-order chi connectivity index (χ1) is 14.5. The van der Waals surface area contributed by atoms with Crippen LogP contribution in [0, 0.1) is 23.5 Å². The van der Waals surface area contributed by atoms with E-state index in [0.717, 1.165) is 63.5 Å². The Hall–Kier alpha value is -2.02. The van der Waals surface area contributed by atoms with E-state index in [1.807, 2.05) is 0 Å². The van der Waals surface area contributed by atoms with Gasteiger partial charge >= 0.3 is 0 Å². The summed E-state index contributed by atoms with van der Waals surface area (Å²) >= 11 is 0. The summed E-state index contributed by atoms with van der Waals surface area (Å²) in [5, 5.41) is 0. The Bertz CT molecular complexity index is 840. The maximum absolute atomic E-state index is 14.0. The molecule has 4 heterocycles. The summed E-state index contributed by atoms with van der Waals surface area (Å²) in [5.41, 5.74) is -0.178. The molecule has 5 rings (SSSR count). The summed E-state index contributed by atoms with van der Waals surface area (Å²) in [6.45, 7) is 4.08. The fourth-order valence-electron chi connectivity index (χ4n) is 6.21. The lowest BCUT2D eigenvalue weighted by Crippen LogP contribution is -2.62. The largest absolute Gasteiger partial charge is 0.339 e. The average Bonchev–Trinajstić information content (AvgIpc) is 2.76. The number of carbonyl (C=O) groups excluding carboxylic acids is 2. The van der Waals surface area contributed by atoms with Gasteiger partial charge in [0.25, 0.3) is 5.91 Å². The van der Waals surface area contributed by atoms with Gasteiger partial charge in [0.1, 0.15) is 11.6 Å². The van der Waals surface area contributed by atoms with E-state index < -0.39 is 17.5 Å². The Kier molecular flexibility index (Phi) is 5.25. The number of rotatable bonds is 2. The van der Waals surface area contributed by atoms with Crippen LogP contribution in [-0.2, 0) is 4.79 Å². The fourth-order valence-corrected chi connectivity index (χ4v) is 6.21. The third-order valence-corrected chi connectivity index (χ3v) is 7.63. The standard InChI is InChI=1S/C23H29F2N3O2/c24-17-4-5-20(25)19(11-17)23(30)26-8-6-18(7-9-26)27-12-15-10-16(14-27)21-2-1-3-22(29)28(21)13-15/h4-5,11,15-16,18,21H,1-3,6-10,12-14H2/t15?,16?,21-/m1/s1. The van der Waals surface area contributed by atoms with Crippen LogP contribution in [-0.4, -0.2) is 71.3 Å². The van der Waals surface area contributed by atoms with Crippen LogP contribution in [0.4, 0.5) is 8.78 Å². The van der Waals surface area contributed by atoms with Crippen LogP contribution in [0.1, 0.15) is 48.9 Å². The Morgan fingerprint density at radius 1 is 1.03 bits per heavy atom. The predicted octanol–water partition coefficient (Wildman–Crippen LogP) is 2.90. The Labute approximate surface area is 176 Å². The van der Waals surface area contributed by atoms with Gasteiger partial charge in [-0.15, -0.1) is 0 Å². The molecule has 2 unspecified atom stereocenters. The van der Waals surface area contributed by atoms with E-state index in [4.69, 9.17) is 0 Å². The smallest absolute Gasteiger partial charge is 0.256 e. The fraction of sp³-hybridized carbons (Fsp3) is 0.652. The highest BCUT2D eigenvalue weighted by Crippen LogP contribution is 2.39. The maximum Gasteiger partial charge on any atom is 0.256 e. The van der Waals surface area contributed by atoms with Crippen LogP contribution in [0.3, 0.4) is 0 Å². The minimum atomic E-state index is -0.668. The first-order valence-electron chi connectivity index (χ1n) is 11.3. The van der Waals surface area contributed by atoms with Crippen molar-refractivity contribution < 1.29 is 18.4 Å². The highest BCUT2D eigenvalue weighted by molar-refractivity contribution is 5.94. The molecule has 0 spiro atoms. The lowest BCUT2D eigenvalue weighted by molar-refractivity contribution is -0.145. The van der Waals surface area contributed by atoms with Crippen LogP contribution in [0.5, 0.6) is 0 Å². The van der Waals surface area contributed by atoms with E-state index in [1.165, 1.54) is 6.42 Å². The minimum absolute atomic E-state index is 0.178. The quantitative estimate of drug-likeness (QED) is 0.743. The number of benzene rings is 1. The number of piperidine rings is 4. The zero-order valence-electron chi connectivity index (χ0n) is 17.2. The van der Waals surface area contributed by atoms with Crippen molar-refractivity contribution in [1.82, 2.24) is 14.7 Å². The Morgan fingerprint density at radius 2 is 1.83 bits per heavy atom. The molecule has 4 saturated heterocycles. The molecule has 4 aliphatic heterocycles. The topological polar surface area (TPSA) is 43.9 Å². The van der Waals surface area contributed by atoms with Gasteiger partial charge in [-0.2, -0.15) is 0 Å². The van der Waals surface area contributed by atoms with Crippen LogP contribution in [0.2, 0.25) is 0 Å². The van der Waals surface area contributed by atoms with Gasteiger partial charge in [-0.25, -0.2) is 8.78 Å². The number of halogens is 2. The van der Waals surface area contributed by atoms with Crippen LogP contribution >= 0.6 is 0 Å². The SMILES string of the molecule is O=C(c1cc(F)ccc1F)N1CCC(N2CC3CC(C2)[C@H]2CCCC(=O)N2C3)CC1. The number of hydrogen-bond donors (Lipinski definition) is 0. The number of carbonyl (C=O) groups is 2. The molecule has 0 aliphatic carbocycles.